The number of nitrogens with two attached hydrogens (primary N) is 1. The molecule has 0 amide bonds. The van der Waals surface area contributed by atoms with Gasteiger partial charge in [0, 0.05) is 13.3 Å². The van der Waals surface area contributed by atoms with Crippen LogP contribution in [0.1, 0.15) is 0 Å². The molecular formula is C11H12Cl2N4O2S. The molecule has 0 aliphatic heterocycles. The third kappa shape index (κ3) is 2.56. The Labute approximate surface area is 126 Å². The molecule has 6 nitrogen and oxygen atoms in total. The first-order chi connectivity index (χ1) is 9.25. The number of nitrogens with one attached hydrogen (secondary N) is 1. The summed E-state index contributed by atoms with van der Waals surface area (Å²) < 4.78 is 24.9. The first-order valence-corrected chi connectivity index (χ1v) is 8.12. The third-order valence-corrected chi connectivity index (χ3v) is 4.51. The maximum atomic E-state index is 11.8. The lowest BCUT2D eigenvalue weighted by molar-refractivity contribution is 0.602. The van der Waals surface area contributed by atoms with Gasteiger partial charge in [-0.2, -0.15) is 0 Å². The molecule has 1 aromatic carbocycles. The average Bonchev–Trinajstić information content (AvgIpc) is 2.69. The quantitative estimate of drug-likeness (QED) is 0.897. The van der Waals surface area contributed by atoms with E-state index >= 15 is 0 Å². The maximum Gasteiger partial charge on any atom is 0.182 e. The second-order valence-electron chi connectivity index (χ2n) is 4.10. The van der Waals surface area contributed by atoms with Crippen molar-refractivity contribution in [1.29, 1.82) is 0 Å². The molecule has 0 radical (unpaired) electrons. The highest BCUT2D eigenvalue weighted by Gasteiger charge is 2.24. The van der Waals surface area contributed by atoms with Gasteiger partial charge in [-0.1, -0.05) is 23.2 Å². The van der Waals surface area contributed by atoms with Gasteiger partial charge in [-0.25, -0.2) is 13.1 Å². The second-order valence-corrected chi connectivity index (χ2v) is 6.86. The molecule has 0 bridgehead atoms. The van der Waals surface area contributed by atoms with Crippen LogP contribution >= 0.6 is 23.2 Å². The predicted molar refractivity (Wildman–Crippen MR) is 80.7 cm³/mol. The van der Waals surface area contributed by atoms with E-state index in [1.165, 1.54) is 4.68 Å². The summed E-state index contributed by atoms with van der Waals surface area (Å²) >= 11 is 11.8. The number of rotatable bonds is 3. The van der Waals surface area contributed by atoms with Crippen molar-refractivity contribution in [1.82, 2.24) is 9.78 Å². The number of hydrogen-bond donors (Lipinski definition) is 2. The highest BCUT2D eigenvalue weighted by molar-refractivity contribution is 7.91. The van der Waals surface area contributed by atoms with Crippen LogP contribution in [0.2, 0.25) is 10.0 Å². The van der Waals surface area contributed by atoms with E-state index in [1.807, 2.05) is 0 Å². The van der Waals surface area contributed by atoms with Crippen molar-refractivity contribution in [3.8, 4) is 5.69 Å². The van der Waals surface area contributed by atoms with Crippen LogP contribution < -0.4 is 11.1 Å². The zero-order valence-corrected chi connectivity index (χ0v) is 13.0. The smallest absolute Gasteiger partial charge is 0.182 e. The molecule has 0 aliphatic rings. The van der Waals surface area contributed by atoms with Gasteiger partial charge in [-0.15, -0.1) is 5.10 Å². The van der Waals surface area contributed by atoms with Crippen LogP contribution in [0, 0.1) is 0 Å². The molecule has 0 saturated heterocycles. The first-order valence-electron chi connectivity index (χ1n) is 5.47. The summed E-state index contributed by atoms with van der Waals surface area (Å²) in [5, 5.41) is 7.56. The summed E-state index contributed by atoms with van der Waals surface area (Å²) in [4.78, 5) is -0.0499. The maximum absolute atomic E-state index is 11.8. The molecule has 0 fully saturated rings. The van der Waals surface area contributed by atoms with E-state index in [2.05, 4.69) is 10.4 Å². The van der Waals surface area contributed by atoms with E-state index in [1.54, 1.807) is 25.2 Å². The van der Waals surface area contributed by atoms with Gasteiger partial charge in [0.05, 0.1) is 15.7 Å². The molecule has 1 heterocycles. The SMILES string of the molecule is CNc1nn(-c2ccc(Cl)c(Cl)c2)c(N)c1S(C)(=O)=O. The van der Waals surface area contributed by atoms with Crippen molar-refractivity contribution in [3.63, 3.8) is 0 Å². The molecular weight excluding hydrogens is 323 g/mol. The van der Waals surface area contributed by atoms with Crippen LogP contribution in [0.3, 0.4) is 0 Å². The third-order valence-electron chi connectivity index (χ3n) is 2.63. The van der Waals surface area contributed by atoms with Gasteiger partial charge in [-0.05, 0) is 18.2 Å². The number of anilines is 2. The minimum atomic E-state index is -3.51. The summed E-state index contributed by atoms with van der Waals surface area (Å²) in [6.45, 7) is 0. The summed E-state index contributed by atoms with van der Waals surface area (Å²) in [5.41, 5.74) is 6.41. The highest BCUT2D eigenvalue weighted by Crippen LogP contribution is 2.31. The van der Waals surface area contributed by atoms with Gasteiger partial charge in [-0.3, -0.25) is 0 Å². The van der Waals surface area contributed by atoms with Crippen molar-refractivity contribution >= 4 is 44.7 Å². The molecule has 0 aliphatic carbocycles. The summed E-state index contributed by atoms with van der Waals surface area (Å²) in [7, 11) is -1.95. The lowest BCUT2D eigenvalue weighted by atomic mass is 10.3. The Kier molecular flexibility index (Phi) is 3.86. The summed E-state index contributed by atoms with van der Waals surface area (Å²) in [6, 6.07) is 4.78. The standard InChI is InChI=1S/C11H12Cl2N4O2S/c1-15-11-9(20(2,18)19)10(14)17(16-11)6-3-4-7(12)8(13)5-6/h3-5H,14H2,1-2H3,(H,15,16). The minimum Gasteiger partial charge on any atom is -0.382 e. The van der Waals surface area contributed by atoms with Crippen LogP contribution in [0.15, 0.2) is 23.1 Å². The van der Waals surface area contributed by atoms with Crippen LogP contribution in [-0.4, -0.2) is 31.5 Å². The number of nitrogen functional groups attached to an aromatic ring is 1. The lowest BCUT2D eigenvalue weighted by Crippen LogP contribution is -2.06. The topological polar surface area (TPSA) is 90.0 Å². The molecule has 0 unspecified atom stereocenters. The van der Waals surface area contributed by atoms with Gasteiger partial charge in [0.15, 0.2) is 20.6 Å². The largest absolute Gasteiger partial charge is 0.382 e. The summed E-state index contributed by atoms with van der Waals surface area (Å²) in [6.07, 6.45) is 1.07. The van der Waals surface area contributed by atoms with Gasteiger partial charge in [0.25, 0.3) is 0 Å². The molecule has 0 spiro atoms. The minimum absolute atomic E-state index is 0.00948. The molecule has 3 N–H and O–H groups in total. The molecule has 1 aromatic heterocycles. The normalized spacial score (nSPS) is 11.6. The second kappa shape index (κ2) is 5.16. The number of sulfone groups is 1. The Morgan fingerprint density at radius 2 is 1.95 bits per heavy atom. The van der Waals surface area contributed by atoms with Gasteiger partial charge < -0.3 is 11.1 Å². The molecule has 0 saturated carbocycles. The summed E-state index contributed by atoms with van der Waals surface area (Å²) in [5.74, 6) is 0.186. The monoisotopic (exact) mass is 334 g/mol. The Balaban J connectivity index is 2.70. The van der Waals surface area contributed by atoms with E-state index in [0.717, 1.165) is 6.26 Å². The number of nitrogens with zero attached hydrogens (tertiary/aromatic N) is 2. The number of aromatic nitrogens is 2. The zero-order valence-electron chi connectivity index (χ0n) is 10.7. The average molecular weight is 335 g/mol. The van der Waals surface area contributed by atoms with E-state index < -0.39 is 9.84 Å². The fourth-order valence-corrected chi connectivity index (χ4v) is 3.01. The Morgan fingerprint density at radius 3 is 2.40 bits per heavy atom. The van der Waals surface area contributed by atoms with E-state index in [-0.39, 0.29) is 16.5 Å². The molecule has 108 valence electrons. The van der Waals surface area contributed by atoms with E-state index in [9.17, 15) is 8.42 Å². The number of hydrogen-bond acceptors (Lipinski definition) is 5. The molecule has 2 rings (SSSR count). The first kappa shape index (κ1) is 15.0. The van der Waals surface area contributed by atoms with Gasteiger partial charge in [0.2, 0.25) is 0 Å². The van der Waals surface area contributed by atoms with E-state index in [4.69, 9.17) is 28.9 Å². The fourth-order valence-electron chi connectivity index (χ4n) is 1.76. The fraction of sp³-hybridized carbons (Fsp3) is 0.182. The van der Waals surface area contributed by atoms with Crippen LogP contribution in [0.25, 0.3) is 5.69 Å². The number of benzene rings is 1. The Hall–Kier alpha value is -1.44. The number of halogens is 2. The van der Waals surface area contributed by atoms with E-state index in [0.29, 0.717) is 15.7 Å². The van der Waals surface area contributed by atoms with Gasteiger partial charge in [0.1, 0.15) is 5.82 Å². The lowest BCUT2D eigenvalue weighted by Gasteiger charge is -2.05. The zero-order chi connectivity index (χ0) is 15.1. The molecule has 20 heavy (non-hydrogen) atoms. The van der Waals surface area contributed by atoms with Crippen molar-refractivity contribution in [2.24, 2.45) is 0 Å². The van der Waals surface area contributed by atoms with Crippen molar-refractivity contribution in [2.45, 2.75) is 4.90 Å². The molecule has 0 atom stereocenters. The van der Waals surface area contributed by atoms with Crippen LogP contribution in [-0.2, 0) is 9.84 Å². The molecule has 9 heteroatoms. The van der Waals surface area contributed by atoms with Crippen molar-refractivity contribution in [3.05, 3.63) is 28.2 Å². The van der Waals surface area contributed by atoms with Crippen LogP contribution in [0.5, 0.6) is 0 Å². The Morgan fingerprint density at radius 1 is 1.30 bits per heavy atom. The Bertz CT molecular complexity index is 771. The predicted octanol–water partition coefficient (Wildman–Crippen LogP) is 2.21. The molecule has 2 aromatic rings. The highest BCUT2D eigenvalue weighted by atomic mass is 35.5. The van der Waals surface area contributed by atoms with Crippen LogP contribution in [0.4, 0.5) is 11.6 Å². The van der Waals surface area contributed by atoms with Crippen molar-refractivity contribution < 1.29 is 8.42 Å². The van der Waals surface area contributed by atoms with Gasteiger partial charge >= 0.3 is 0 Å². The van der Waals surface area contributed by atoms with Crippen molar-refractivity contribution in [2.75, 3.05) is 24.4 Å².